The maximum atomic E-state index is 6.73. The van der Waals surface area contributed by atoms with E-state index in [-0.39, 0.29) is 5.92 Å². The molecule has 264 valence electrons. The van der Waals surface area contributed by atoms with Crippen LogP contribution < -0.4 is 0 Å². The molecule has 0 saturated heterocycles. The Morgan fingerprint density at radius 3 is 1.96 bits per heavy atom. The molecule has 4 nitrogen and oxygen atoms in total. The zero-order chi connectivity index (χ0) is 37.0. The van der Waals surface area contributed by atoms with Crippen molar-refractivity contribution in [2.75, 3.05) is 0 Å². The number of furan rings is 1. The molecule has 3 aromatic heterocycles. The average molecular weight is 718 g/mol. The fraction of sp³-hybridized carbons (Fsp3) is 0.0385. The molecule has 0 N–H and O–H groups in total. The second-order valence-corrected chi connectivity index (χ2v) is 14.5. The Hall–Kier alpha value is -7.30. The molecule has 3 heterocycles. The van der Waals surface area contributed by atoms with Crippen LogP contribution in [0.2, 0.25) is 0 Å². The van der Waals surface area contributed by atoms with Crippen molar-refractivity contribution in [3.63, 3.8) is 0 Å². The largest absolute Gasteiger partial charge is 0.456 e. The number of aromatic nitrogens is 3. The van der Waals surface area contributed by atoms with Gasteiger partial charge in [0, 0.05) is 50.3 Å². The summed E-state index contributed by atoms with van der Waals surface area (Å²) in [6.07, 6.45) is 9.56. The fourth-order valence-electron chi connectivity index (χ4n) is 8.40. The molecular formula is C52H35N3O. The zero-order valence-corrected chi connectivity index (χ0v) is 30.5. The van der Waals surface area contributed by atoms with Gasteiger partial charge >= 0.3 is 0 Å². The normalized spacial score (nSPS) is 14.0. The molecule has 0 amide bonds. The Bertz CT molecular complexity index is 3150. The van der Waals surface area contributed by atoms with E-state index >= 15 is 0 Å². The van der Waals surface area contributed by atoms with Gasteiger partial charge in [-0.1, -0.05) is 146 Å². The van der Waals surface area contributed by atoms with Crippen molar-refractivity contribution in [3.05, 3.63) is 200 Å². The maximum Gasteiger partial charge on any atom is 0.160 e. The van der Waals surface area contributed by atoms with E-state index in [1.807, 2.05) is 18.2 Å². The lowest BCUT2D eigenvalue weighted by Crippen LogP contribution is -2.04. The molecule has 7 aromatic carbocycles. The summed E-state index contributed by atoms with van der Waals surface area (Å²) in [6.45, 7) is 0. The second kappa shape index (κ2) is 13.2. The summed E-state index contributed by atoms with van der Waals surface area (Å²) < 4.78 is 9.12. The monoisotopic (exact) mass is 717 g/mol. The van der Waals surface area contributed by atoms with Gasteiger partial charge in [0.25, 0.3) is 0 Å². The molecule has 0 saturated carbocycles. The first-order valence-electron chi connectivity index (χ1n) is 19.2. The van der Waals surface area contributed by atoms with E-state index in [4.69, 9.17) is 14.4 Å². The van der Waals surface area contributed by atoms with Gasteiger partial charge in [-0.25, -0.2) is 9.97 Å². The van der Waals surface area contributed by atoms with Crippen LogP contribution in [-0.2, 0) is 0 Å². The molecule has 0 fully saturated rings. The van der Waals surface area contributed by atoms with E-state index in [2.05, 4.69) is 181 Å². The summed E-state index contributed by atoms with van der Waals surface area (Å²) in [5.41, 5.74) is 13.7. The van der Waals surface area contributed by atoms with Crippen LogP contribution >= 0.6 is 0 Å². The second-order valence-electron chi connectivity index (χ2n) is 14.5. The van der Waals surface area contributed by atoms with Crippen LogP contribution in [0.3, 0.4) is 0 Å². The van der Waals surface area contributed by atoms with E-state index in [1.165, 1.54) is 33.0 Å². The molecule has 1 unspecified atom stereocenters. The van der Waals surface area contributed by atoms with Crippen molar-refractivity contribution < 1.29 is 4.42 Å². The van der Waals surface area contributed by atoms with E-state index < -0.39 is 0 Å². The lowest BCUT2D eigenvalue weighted by molar-refractivity contribution is 0.668. The predicted octanol–water partition coefficient (Wildman–Crippen LogP) is 13.7. The van der Waals surface area contributed by atoms with Crippen LogP contribution in [0.15, 0.2) is 199 Å². The van der Waals surface area contributed by atoms with Crippen molar-refractivity contribution >= 4 is 43.7 Å². The number of allylic oxidation sites excluding steroid dienone is 4. The summed E-state index contributed by atoms with van der Waals surface area (Å²) in [5.74, 6) is 0.911. The van der Waals surface area contributed by atoms with Crippen LogP contribution in [0.1, 0.15) is 18.0 Å². The molecule has 0 radical (unpaired) electrons. The van der Waals surface area contributed by atoms with Crippen molar-refractivity contribution in [2.45, 2.75) is 12.3 Å². The van der Waals surface area contributed by atoms with Gasteiger partial charge in [-0.2, -0.15) is 0 Å². The predicted molar refractivity (Wildman–Crippen MR) is 231 cm³/mol. The minimum Gasteiger partial charge on any atom is -0.456 e. The first-order valence-corrected chi connectivity index (χ1v) is 19.2. The SMILES string of the molecule is C1=CCC(c2cc(-c3cccc4oc5cc(-n6c7ccc(-c8ccccc8)cc7c7ccc(-c8ccccc8)cc76)ccc5c34)nc(-c3ccccc3)n2)C=C1. The number of hydrogen-bond acceptors (Lipinski definition) is 3. The average Bonchev–Trinajstić information content (AvgIpc) is 3.82. The van der Waals surface area contributed by atoms with E-state index in [9.17, 15) is 0 Å². The minimum absolute atomic E-state index is 0.185. The summed E-state index contributed by atoms with van der Waals surface area (Å²) in [6, 6.07) is 60.2. The van der Waals surface area contributed by atoms with Gasteiger partial charge in [0.15, 0.2) is 5.82 Å². The molecule has 1 aliphatic carbocycles. The van der Waals surface area contributed by atoms with Gasteiger partial charge < -0.3 is 8.98 Å². The Kier molecular flexibility index (Phi) is 7.59. The molecular weight excluding hydrogens is 683 g/mol. The molecule has 0 aliphatic heterocycles. The van der Waals surface area contributed by atoms with Gasteiger partial charge in [-0.3, -0.25) is 0 Å². The highest BCUT2D eigenvalue weighted by Crippen LogP contribution is 2.41. The summed E-state index contributed by atoms with van der Waals surface area (Å²) in [5, 5.41) is 4.53. The fourth-order valence-corrected chi connectivity index (χ4v) is 8.40. The summed E-state index contributed by atoms with van der Waals surface area (Å²) in [4.78, 5) is 10.3. The number of hydrogen-bond donors (Lipinski definition) is 0. The minimum atomic E-state index is 0.185. The topological polar surface area (TPSA) is 43.9 Å². The highest BCUT2D eigenvalue weighted by molar-refractivity contribution is 6.14. The van der Waals surface area contributed by atoms with E-state index in [1.54, 1.807) is 0 Å². The van der Waals surface area contributed by atoms with Crippen molar-refractivity contribution in [1.82, 2.24) is 14.5 Å². The van der Waals surface area contributed by atoms with Crippen molar-refractivity contribution in [3.8, 4) is 50.6 Å². The zero-order valence-electron chi connectivity index (χ0n) is 30.5. The van der Waals surface area contributed by atoms with Crippen LogP contribution in [-0.4, -0.2) is 14.5 Å². The highest BCUT2D eigenvalue weighted by atomic mass is 16.3. The first kappa shape index (κ1) is 32.2. The lowest BCUT2D eigenvalue weighted by atomic mass is 9.95. The molecule has 1 aliphatic rings. The Labute approximate surface area is 324 Å². The number of benzene rings is 7. The van der Waals surface area contributed by atoms with Crippen LogP contribution in [0.4, 0.5) is 0 Å². The van der Waals surface area contributed by atoms with Crippen molar-refractivity contribution in [2.24, 2.45) is 0 Å². The number of nitrogens with zero attached hydrogens (tertiary/aromatic N) is 3. The van der Waals surface area contributed by atoms with Gasteiger partial charge in [-0.15, -0.1) is 0 Å². The van der Waals surface area contributed by atoms with Gasteiger partial charge in [0.2, 0.25) is 0 Å². The third kappa shape index (κ3) is 5.46. The van der Waals surface area contributed by atoms with Crippen molar-refractivity contribution in [1.29, 1.82) is 0 Å². The molecule has 0 bridgehead atoms. The molecule has 56 heavy (non-hydrogen) atoms. The van der Waals surface area contributed by atoms with Crippen LogP contribution in [0.25, 0.3) is 94.3 Å². The van der Waals surface area contributed by atoms with Gasteiger partial charge in [0.1, 0.15) is 11.2 Å². The Balaban J connectivity index is 1.10. The summed E-state index contributed by atoms with van der Waals surface area (Å²) in [7, 11) is 0. The number of fused-ring (bicyclic) bond motifs is 6. The third-order valence-corrected chi connectivity index (χ3v) is 11.1. The third-order valence-electron chi connectivity index (χ3n) is 11.1. The highest BCUT2D eigenvalue weighted by Gasteiger charge is 2.21. The van der Waals surface area contributed by atoms with E-state index in [0.29, 0.717) is 0 Å². The standard InChI is InChI=1S/C52H35N3O/c1-5-14-34(15-6-1)38-25-29-47-44(30-38)41-27-24-39(35-16-7-2-8-17-35)31-48(41)55(47)40-26-28-43-50(32-40)56-49-23-13-22-42(51(43)49)46-33-45(36-18-9-3-10-19-36)53-52(54-46)37-20-11-4-12-21-37/h1-18,20-33,36H,19H2. The maximum absolute atomic E-state index is 6.73. The van der Waals surface area contributed by atoms with E-state index in [0.717, 1.165) is 73.4 Å². The quantitative estimate of drug-likeness (QED) is 0.172. The molecule has 11 rings (SSSR count). The molecule has 4 heteroatoms. The van der Waals surface area contributed by atoms with Gasteiger partial charge in [-0.05, 0) is 71.1 Å². The molecule has 0 spiro atoms. The number of rotatable bonds is 6. The smallest absolute Gasteiger partial charge is 0.160 e. The summed E-state index contributed by atoms with van der Waals surface area (Å²) >= 11 is 0. The van der Waals surface area contributed by atoms with Crippen LogP contribution in [0.5, 0.6) is 0 Å². The first-order chi connectivity index (χ1) is 27.7. The lowest BCUT2D eigenvalue weighted by Gasteiger charge is -2.15. The van der Waals surface area contributed by atoms with Crippen LogP contribution in [0, 0.1) is 0 Å². The molecule has 10 aromatic rings. The molecule has 1 atom stereocenters. The Morgan fingerprint density at radius 1 is 0.500 bits per heavy atom. The van der Waals surface area contributed by atoms with Gasteiger partial charge in [0.05, 0.1) is 22.4 Å². The Morgan fingerprint density at radius 2 is 1.21 bits per heavy atom.